The SMILES string of the molecule is CC1(n2c(CCl)nc3cc(Br)c(F)cc32)CC1. The van der Waals surface area contributed by atoms with E-state index in [1.54, 1.807) is 6.07 Å². The quantitative estimate of drug-likeness (QED) is 0.760. The Morgan fingerprint density at radius 3 is 2.82 bits per heavy atom. The molecule has 1 fully saturated rings. The molecule has 0 saturated heterocycles. The van der Waals surface area contributed by atoms with Gasteiger partial charge in [0.1, 0.15) is 11.6 Å². The van der Waals surface area contributed by atoms with Gasteiger partial charge in [0.2, 0.25) is 0 Å². The normalized spacial score (nSPS) is 17.6. The van der Waals surface area contributed by atoms with Crippen LogP contribution >= 0.6 is 27.5 Å². The van der Waals surface area contributed by atoms with E-state index in [0.717, 1.165) is 29.7 Å². The van der Waals surface area contributed by atoms with Crippen LogP contribution in [0.4, 0.5) is 4.39 Å². The number of nitrogens with zero attached hydrogens (tertiary/aromatic N) is 2. The summed E-state index contributed by atoms with van der Waals surface area (Å²) in [5.74, 6) is 0.909. The van der Waals surface area contributed by atoms with Crippen LogP contribution in [0.25, 0.3) is 11.0 Å². The van der Waals surface area contributed by atoms with Gasteiger partial charge in [-0.05, 0) is 41.8 Å². The molecule has 90 valence electrons. The standard InChI is InChI=1S/C12H11BrClFN2/c1-12(2-3-12)17-10-5-8(15)7(13)4-9(10)16-11(17)6-14/h4-5H,2-3,6H2,1H3. The van der Waals surface area contributed by atoms with Crippen LogP contribution in [0.3, 0.4) is 0 Å². The van der Waals surface area contributed by atoms with Crippen molar-refractivity contribution in [3.05, 3.63) is 28.2 Å². The molecule has 1 aromatic carbocycles. The summed E-state index contributed by atoms with van der Waals surface area (Å²) in [6.07, 6.45) is 2.19. The highest BCUT2D eigenvalue weighted by atomic mass is 79.9. The van der Waals surface area contributed by atoms with Crippen molar-refractivity contribution in [2.24, 2.45) is 0 Å². The van der Waals surface area contributed by atoms with Crippen LogP contribution in [0.15, 0.2) is 16.6 Å². The Morgan fingerprint density at radius 1 is 1.53 bits per heavy atom. The maximum atomic E-state index is 13.6. The molecule has 0 amide bonds. The Morgan fingerprint density at radius 2 is 2.24 bits per heavy atom. The summed E-state index contributed by atoms with van der Waals surface area (Å²) < 4.78 is 16.2. The summed E-state index contributed by atoms with van der Waals surface area (Å²) in [6, 6.07) is 3.25. The van der Waals surface area contributed by atoms with E-state index in [4.69, 9.17) is 11.6 Å². The fourth-order valence-electron chi connectivity index (χ4n) is 2.22. The molecule has 5 heteroatoms. The van der Waals surface area contributed by atoms with Crippen LogP contribution < -0.4 is 0 Å². The van der Waals surface area contributed by atoms with Gasteiger partial charge in [-0.25, -0.2) is 9.37 Å². The molecule has 17 heavy (non-hydrogen) atoms. The van der Waals surface area contributed by atoms with Crippen LogP contribution in [0.2, 0.25) is 0 Å². The van der Waals surface area contributed by atoms with Gasteiger partial charge in [-0.2, -0.15) is 0 Å². The van der Waals surface area contributed by atoms with Gasteiger partial charge in [-0.15, -0.1) is 11.6 Å². The van der Waals surface area contributed by atoms with Gasteiger partial charge in [-0.1, -0.05) is 0 Å². The van der Waals surface area contributed by atoms with Crippen molar-refractivity contribution < 1.29 is 4.39 Å². The minimum atomic E-state index is -0.260. The van der Waals surface area contributed by atoms with Gasteiger partial charge in [0.15, 0.2) is 0 Å². The maximum Gasteiger partial charge on any atom is 0.139 e. The first-order chi connectivity index (χ1) is 8.05. The first-order valence-electron chi connectivity index (χ1n) is 5.48. The first kappa shape index (κ1) is 11.5. The number of aromatic nitrogens is 2. The second-order valence-electron chi connectivity index (χ2n) is 4.75. The summed E-state index contributed by atoms with van der Waals surface area (Å²) in [7, 11) is 0. The van der Waals surface area contributed by atoms with Crippen LogP contribution in [-0.4, -0.2) is 9.55 Å². The van der Waals surface area contributed by atoms with Crippen molar-refractivity contribution in [1.82, 2.24) is 9.55 Å². The summed E-state index contributed by atoms with van der Waals surface area (Å²) in [5.41, 5.74) is 1.70. The van der Waals surface area contributed by atoms with E-state index < -0.39 is 0 Å². The molecule has 1 saturated carbocycles. The molecule has 2 nitrogen and oxygen atoms in total. The molecule has 1 aliphatic rings. The lowest BCUT2D eigenvalue weighted by atomic mass is 10.2. The Balaban J connectivity index is 2.34. The van der Waals surface area contributed by atoms with Gasteiger partial charge in [0, 0.05) is 11.6 Å². The largest absolute Gasteiger partial charge is 0.321 e. The highest BCUT2D eigenvalue weighted by Crippen LogP contribution is 2.46. The van der Waals surface area contributed by atoms with E-state index in [1.807, 2.05) is 0 Å². The Labute approximate surface area is 112 Å². The van der Waals surface area contributed by atoms with Crippen LogP contribution in [0.5, 0.6) is 0 Å². The molecular weight excluding hydrogens is 307 g/mol. The number of imidazole rings is 1. The van der Waals surface area contributed by atoms with E-state index >= 15 is 0 Å². The second-order valence-corrected chi connectivity index (χ2v) is 5.87. The Kier molecular flexibility index (Phi) is 2.49. The minimum absolute atomic E-state index is 0.0687. The zero-order valence-corrected chi connectivity index (χ0v) is 11.6. The molecule has 0 unspecified atom stereocenters. The summed E-state index contributed by atoms with van der Waals surface area (Å²) in [5, 5.41) is 0. The number of benzene rings is 1. The monoisotopic (exact) mass is 316 g/mol. The zero-order chi connectivity index (χ0) is 12.2. The molecule has 0 bridgehead atoms. The number of alkyl halides is 1. The molecule has 1 aliphatic carbocycles. The average Bonchev–Trinajstić information content (AvgIpc) is 2.91. The van der Waals surface area contributed by atoms with Gasteiger partial charge in [0.05, 0.1) is 21.4 Å². The fraction of sp³-hybridized carbons (Fsp3) is 0.417. The third kappa shape index (κ3) is 1.69. The summed E-state index contributed by atoms with van der Waals surface area (Å²) in [6.45, 7) is 2.16. The van der Waals surface area contributed by atoms with E-state index in [2.05, 4.69) is 32.4 Å². The molecule has 0 spiro atoms. The third-order valence-electron chi connectivity index (χ3n) is 3.40. The van der Waals surface area contributed by atoms with E-state index in [0.29, 0.717) is 10.4 Å². The van der Waals surface area contributed by atoms with Crippen molar-refractivity contribution in [3.8, 4) is 0 Å². The Bertz CT molecular complexity index is 604. The molecule has 0 aliphatic heterocycles. The van der Waals surface area contributed by atoms with E-state index in [1.165, 1.54) is 6.07 Å². The highest BCUT2D eigenvalue weighted by molar-refractivity contribution is 9.10. The predicted molar refractivity (Wildman–Crippen MR) is 69.8 cm³/mol. The second kappa shape index (κ2) is 3.69. The molecule has 0 N–H and O–H groups in total. The third-order valence-corrected chi connectivity index (χ3v) is 4.25. The van der Waals surface area contributed by atoms with Gasteiger partial charge in [-0.3, -0.25) is 0 Å². The lowest BCUT2D eigenvalue weighted by Crippen LogP contribution is -2.15. The molecule has 1 heterocycles. The number of rotatable bonds is 2. The topological polar surface area (TPSA) is 17.8 Å². The van der Waals surface area contributed by atoms with E-state index in [9.17, 15) is 4.39 Å². The van der Waals surface area contributed by atoms with Crippen molar-refractivity contribution in [3.63, 3.8) is 0 Å². The maximum absolute atomic E-state index is 13.6. The first-order valence-corrected chi connectivity index (χ1v) is 6.81. The highest BCUT2D eigenvalue weighted by Gasteiger charge is 2.41. The number of hydrogen-bond donors (Lipinski definition) is 0. The minimum Gasteiger partial charge on any atom is -0.321 e. The molecular formula is C12H11BrClFN2. The van der Waals surface area contributed by atoms with Crippen molar-refractivity contribution in [1.29, 1.82) is 0 Å². The van der Waals surface area contributed by atoms with Crippen LogP contribution in [0.1, 0.15) is 25.6 Å². The lowest BCUT2D eigenvalue weighted by molar-refractivity contribution is 0.530. The summed E-state index contributed by atoms with van der Waals surface area (Å²) >= 11 is 9.11. The molecule has 0 atom stereocenters. The molecule has 0 radical (unpaired) electrons. The van der Waals surface area contributed by atoms with Gasteiger partial charge < -0.3 is 4.57 Å². The predicted octanol–water partition coefficient (Wildman–Crippen LogP) is 4.19. The van der Waals surface area contributed by atoms with E-state index in [-0.39, 0.29) is 11.4 Å². The van der Waals surface area contributed by atoms with Crippen molar-refractivity contribution in [2.45, 2.75) is 31.2 Å². The summed E-state index contributed by atoms with van der Waals surface area (Å²) in [4.78, 5) is 4.47. The fourth-order valence-corrected chi connectivity index (χ4v) is 2.73. The van der Waals surface area contributed by atoms with Crippen LogP contribution in [0, 0.1) is 5.82 Å². The molecule has 2 aromatic rings. The number of fused-ring (bicyclic) bond motifs is 1. The van der Waals surface area contributed by atoms with Gasteiger partial charge in [0.25, 0.3) is 0 Å². The zero-order valence-electron chi connectivity index (χ0n) is 9.30. The average molecular weight is 318 g/mol. The van der Waals surface area contributed by atoms with Crippen LogP contribution in [-0.2, 0) is 11.4 Å². The van der Waals surface area contributed by atoms with Crippen molar-refractivity contribution in [2.75, 3.05) is 0 Å². The molecule has 3 rings (SSSR count). The smallest absolute Gasteiger partial charge is 0.139 e. The van der Waals surface area contributed by atoms with Crippen molar-refractivity contribution >= 4 is 38.6 Å². The van der Waals surface area contributed by atoms with Gasteiger partial charge >= 0.3 is 0 Å². The lowest BCUT2D eigenvalue weighted by Gasteiger charge is -2.15. The number of halogens is 3. The molecule has 1 aromatic heterocycles. The number of hydrogen-bond acceptors (Lipinski definition) is 1. The Hall–Kier alpha value is -0.610.